The topological polar surface area (TPSA) is 6.48 Å². The number of hydrogen-bond donors (Lipinski definition) is 0. The van der Waals surface area contributed by atoms with E-state index < -0.39 is 0 Å². The van der Waals surface area contributed by atoms with E-state index in [2.05, 4.69) is 153 Å². The molecule has 0 aliphatic carbocycles. The number of nitrogens with zero attached hydrogens (tertiary/aromatic N) is 2. The second kappa shape index (κ2) is 10.4. The molecule has 3 heterocycles. The highest BCUT2D eigenvalue weighted by Gasteiger charge is 2.38. The lowest BCUT2D eigenvalue weighted by molar-refractivity contribution is 0.652. The molecule has 2 nitrogen and oxygen atoms in total. The Morgan fingerprint density at radius 3 is 2.33 bits per heavy atom. The third-order valence-electron chi connectivity index (χ3n) is 8.03. The summed E-state index contributed by atoms with van der Waals surface area (Å²) in [6.07, 6.45) is 4.43. The first-order valence-electron chi connectivity index (χ1n) is 13.8. The third-order valence-corrected chi connectivity index (χ3v) is 10.8. The average Bonchev–Trinajstić information content (AvgIpc) is 3.50. The van der Waals surface area contributed by atoms with Gasteiger partial charge in [0.05, 0.1) is 10.4 Å². The fourth-order valence-electron chi connectivity index (χ4n) is 5.91. The zero-order valence-electron chi connectivity index (χ0n) is 22.9. The van der Waals surface area contributed by atoms with E-state index in [1.54, 1.807) is 0 Å². The molecule has 40 heavy (non-hydrogen) atoms. The molecular weight excluding hydrogens is 523 g/mol. The van der Waals surface area contributed by atoms with Crippen LogP contribution >= 0.6 is 23.1 Å². The van der Waals surface area contributed by atoms with E-state index in [-0.39, 0.29) is 5.37 Å². The molecule has 0 saturated heterocycles. The first-order chi connectivity index (χ1) is 19.7. The van der Waals surface area contributed by atoms with Crippen molar-refractivity contribution in [3.8, 4) is 0 Å². The van der Waals surface area contributed by atoms with Crippen LogP contribution in [0.4, 0.5) is 27.8 Å². The van der Waals surface area contributed by atoms with E-state index in [0.717, 1.165) is 0 Å². The summed E-state index contributed by atoms with van der Waals surface area (Å²) < 4.78 is 1.31. The fourth-order valence-corrected chi connectivity index (χ4v) is 8.73. The Labute approximate surface area is 245 Å². The number of thiophene rings is 1. The van der Waals surface area contributed by atoms with Gasteiger partial charge in [0.2, 0.25) is 7.28 Å². The summed E-state index contributed by atoms with van der Waals surface area (Å²) in [4.78, 5) is 6.42. The Balaban J connectivity index is 1.45. The van der Waals surface area contributed by atoms with E-state index >= 15 is 0 Å². The molecule has 5 aromatic rings. The van der Waals surface area contributed by atoms with Gasteiger partial charge >= 0.3 is 0 Å². The quantitative estimate of drug-likeness (QED) is 0.197. The lowest BCUT2D eigenvalue weighted by atomic mass is 9.60. The number of benzene rings is 4. The number of para-hydroxylation sites is 2. The van der Waals surface area contributed by atoms with E-state index in [4.69, 9.17) is 0 Å². The molecule has 2 aliphatic heterocycles. The molecule has 2 unspecified atom stereocenters. The van der Waals surface area contributed by atoms with Gasteiger partial charge in [0.15, 0.2) is 0 Å². The van der Waals surface area contributed by atoms with E-state index in [9.17, 15) is 0 Å². The van der Waals surface area contributed by atoms with Crippen molar-refractivity contribution in [3.63, 3.8) is 0 Å². The number of anilines is 5. The smallest absolute Gasteiger partial charge is 0.201 e. The van der Waals surface area contributed by atoms with Gasteiger partial charge < -0.3 is 9.80 Å². The highest BCUT2D eigenvalue weighted by Crippen LogP contribution is 2.49. The predicted octanol–water partition coefficient (Wildman–Crippen LogP) is 9.04. The van der Waals surface area contributed by atoms with Crippen LogP contribution in [-0.2, 0) is 0 Å². The first-order valence-corrected chi connectivity index (χ1v) is 15.5. The van der Waals surface area contributed by atoms with Crippen LogP contribution in [-0.4, -0.2) is 12.7 Å². The summed E-state index contributed by atoms with van der Waals surface area (Å²) in [5.74, 6) is 0.401. The lowest BCUT2D eigenvalue weighted by Gasteiger charge is -2.39. The summed E-state index contributed by atoms with van der Waals surface area (Å²) in [5, 5.41) is 2.84. The molecule has 0 saturated carbocycles. The minimum Gasteiger partial charge on any atom is -0.328 e. The summed E-state index contributed by atoms with van der Waals surface area (Å²) in [5.41, 5.74) is 8.88. The Morgan fingerprint density at radius 1 is 0.825 bits per heavy atom. The summed E-state index contributed by atoms with van der Waals surface area (Å²) in [6.45, 7) is 6.78. The van der Waals surface area contributed by atoms with Crippen LogP contribution < -0.4 is 20.7 Å². The Bertz CT molecular complexity index is 1760. The summed E-state index contributed by atoms with van der Waals surface area (Å²) in [6, 6.07) is 37.3. The normalized spacial score (nSPS) is 18.2. The molecule has 0 N–H and O–H groups in total. The van der Waals surface area contributed by atoms with Crippen molar-refractivity contribution in [1.82, 2.24) is 0 Å². The number of hydrogen-bond acceptors (Lipinski definition) is 4. The van der Waals surface area contributed by atoms with Gasteiger partial charge in [-0.25, -0.2) is 0 Å². The minimum absolute atomic E-state index is 0.249. The van der Waals surface area contributed by atoms with Crippen LogP contribution in [0.5, 0.6) is 0 Å². The van der Waals surface area contributed by atoms with Gasteiger partial charge in [0.25, 0.3) is 0 Å². The van der Waals surface area contributed by atoms with Crippen molar-refractivity contribution in [2.45, 2.75) is 26.1 Å². The second-order valence-electron chi connectivity index (χ2n) is 10.4. The van der Waals surface area contributed by atoms with E-state index in [1.807, 2.05) is 23.1 Å². The Kier molecular flexibility index (Phi) is 6.57. The van der Waals surface area contributed by atoms with Crippen molar-refractivity contribution >= 4 is 79.1 Å². The first kappa shape index (κ1) is 25.3. The summed E-state index contributed by atoms with van der Waals surface area (Å²) in [7, 11) is 2.44. The molecule has 1 radical (unpaired) electrons. The van der Waals surface area contributed by atoms with Gasteiger partial charge in [-0.3, -0.25) is 0 Å². The molecular formula is C35H30BN2S2. The molecule has 5 heteroatoms. The third kappa shape index (κ3) is 4.11. The maximum absolute atomic E-state index is 2.58. The number of allylic oxidation sites excluding steroid dienone is 2. The molecule has 2 atom stereocenters. The van der Waals surface area contributed by atoms with Crippen molar-refractivity contribution in [2.24, 2.45) is 5.92 Å². The van der Waals surface area contributed by atoms with Crippen LogP contribution in [0.3, 0.4) is 0 Å². The zero-order chi connectivity index (χ0) is 27.2. The standard InChI is InChI=1S/C35H30BN2S2/c1-4-14-30-23(2)24(3)34(39-30)37(25-15-7-5-8-16-25)28-20-13-21-29-33(28)36-32-27-19-11-12-22-31(27)40-35(32)38(29)26-17-9-6-10-18-26/h4-22,24,34H,1-3H3/b14-4-. The van der Waals surface area contributed by atoms with Gasteiger partial charge in [-0.2, -0.15) is 0 Å². The van der Waals surface area contributed by atoms with Crippen LogP contribution in [0, 0.1) is 5.92 Å². The average molecular weight is 554 g/mol. The minimum atomic E-state index is 0.249. The highest BCUT2D eigenvalue weighted by molar-refractivity contribution is 8.04. The molecule has 1 aromatic heterocycles. The SMILES string of the molecule is C/C=C\C1=C(C)C(C)C(N(c2ccccc2)c2cccc3c2[B]c2c(sc4ccccc24)N3c2ccccc2)S1. The molecule has 0 fully saturated rings. The number of thioether (sulfide) groups is 1. The monoisotopic (exact) mass is 553 g/mol. The fraction of sp³-hybridized carbons (Fsp3) is 0.143. The zero-order valence-corrected chi connectivity index (χ0v) is 24.5. The van der Waals surface area contributed by atoms with Gasteiger partial charge in [0, 0.05) is 38.3 Å². The lowest BCUT2D eigenvalue weighted by Crippen LogP contribution is -2.43. The van der Waals surface area contributed by atoms with Crippen LogP contribution in [0.2, 0.25) is 0 Å². The molecule has 7 rings (SSSR count). The number of rotatable bonds is 5. The van der Waals surface area contributed by atoms with E-state index in [0.29, 0.717) is 5.92 Å². The highest BCUT2D eigenvalue weighted by atomic mass is 32.2. The maximum atomic E-state index is 2.58. The number of fused-ring (bicyclic) bond motifs is 4. The van der Waals surface area contributed by atoms with Gasteiger partial charge in [-0.05, 0) is 72.6 Å². The van der Waals surface area contributed by atoms with Crippen LogP contribution in [0.1, 0.15) is 20.8 Å². The Hall–Kier alpha value is -3.67. The summed E-state index contributed by atoms with van der Waals surface area (Å²) >= 11 is 3.85. The van der Waals surface area contributed by atoms with Crippen molar-refractivity contribution in [1.29, 1.82) is 0 Å². The van der Waals surface area contributed by atoms with Gasteiger partial charge in [-0.1, -0.05) is 85.3 Å². The van der Waals surface area contributed by atoms with Crippen LogP contribution in [0.25, 0.3) is 10.1 Å². The van der Waals surface area contributed by atoms with Crippen molar-refractivity contribution in [3.05, 3.63) is 126 Å². The molecule has 2 aliphatic rings. The predicted molar refractivity (Wildman–Crippen MR) is 178 cm³/mol. The van der Waals surface area contributed by atoms with Gasteiger partial charge in [-0.15, -0.1) is 23.1 Å². The molecule has 0 spiro atoms. The maximum Gasteiger partial charge on any atom is 0.201 e. The molecule has 0 bridgehead atoms. The van der Waals surface area contributed by atoms with Gasteiger partial charge in [0.1, 0.15) is 0 Å². The second-order valence-corrected chi connectivity index (χ2v) is 12.6. The Morgan fingerprint density at radius 2 is 1.55 bits per heavy atom. The van der Waals surface area contributed by atoms with Crippen LogP contribution in [0.15, 0.2) is 126 Å². The molecule has 195 valence electrons. The van der Waals surface area contributed by atoms with E-state index in [1.165, 1.54) is 59.2 Å². The molecule has 0 amide bonds. The van der Waals surface area contributed by atoms with Crippen molar-refractivity contribution < 1.29 is 0 Å². The largest absolute Gasteiger partial charge is 0.328 e. The molecule has 4 aromatic carbocycles. The van der Waals surface area contributed by atoms with Crippen molar-refractivity contribution in [2.75, 3.05) is 9.80 Å².